The Morgan fingerprint density at radius 1 is 1.14 bits per heavy atom. The highest BCUT2D eigenvalue weighted by Crippen LogP contribution is 2.34. The van der Waals surface area contributed by atoms with Gasteiger partial charge in [-0.3, -0.25) is 4.98 Å². The van der Waals surface area contributed by atoms with Gasteiger partial charge >= 0.3 is 0 Å². The van der Waals surface area contributed by atoms with E-state index in [0.717, 1.165) is 39.9 Å². The molecule has 0 fully saturated rings. The SMILES string of the molecule is c1ccc(-c2nc(-c3ccc4c(c3)NCCO4)cs2)nc1. The van der Waals surface area contributed by atoms with Crippen molar-refractivity contribution in [2.24, 2.45) is 0 Å². The van der Waals surface area contributed by atoms with Crippen LogP contribution in [0.2, 0.25) is 0 Å². The van der Waals surface area contributed by atoms with Crippen LogP contribution in [0, 0.1) is 0 Å². The van der Waals surface area contributed by atoms with Crippen molar-refractivity contribution in [1.29, 1.82) is 0 Å². The van der Waals surface area contributed by atoms with Gasteiger partial charge in [-0.05, 0) is 30.3 Å². The Balaban J connectivity index is 1.70. The van der Waals surface area contributed by atoms with E-state index >= 15 is 0 Å². The molecule has 2 aromatic heterocycles. The van der Waals surface area contributed by atoms with Crippen molar-refractivity contribution in [2.75, 3.05) is 18.5 Å². The first kappa shape index (κ1) is 12.3. The predicted molar refractivity (Wildman–Crippen MR) is 84.8 cm³/mol. The Bertz CT molecular complexity index is 770. The van der Waals surface area contributed by atoms with E-state index in [4.69, 9.17) is 4.74 Å². The van der Waals surface area contributed by atoms with Crippen molar-refractivity contribution in [3.8, 4) is 27.7 Å². The average molecular weight is 295 g/mol. The third-order valence-corrected chi connectivity index (χ3v) is 4.20. The van der Waals surface area contributed by atoms with Crippen molar-refractivity contribution < 1.29 is 4.74 Å². The second-order valence-electron chi connectivity index (χ2n) is 4.74. The van der Waals surface area contributed by atoms with E-state index in [2.05, 4.69) is 26.7 Å². The van der Waals surface area contributed by atoms with E-state index in [-0.39, 0.29) is 0 Å². The summed E-state index contributed by atoms with van der Waals surface area (Å²) >= 11 is 1.61. The molecule has 0 radical (unpaired) electrons. The Morgan fingerprint density at radius 2 is 2.14 bits per heavy atom. The molecule has 1 aliphatic heterocycles. The number of ether oxygens (including phenoxy) is 1. The zero-order valence-corrected chi connectivity index (χ0v) is 12.1. The van der Waals surface area contributed by atoms with Crippen LogP contribution in [0.3, 0.4) is 0 Å². The maximum Gasteiger partial charge on any atom is 0.142 e. The van der Waals surface area contributed by atoms with Gasteiger partial charge in [0.25, 0.3) is 0 Å². The molecule has 1 aliphatic rings. The zero-order valence-electron chi connectivity index (χ0n) is 11.2. The molecule has 3 heterocycles. The number of rotatable bonds is 2. The highest BCUT2D eigenvalue weighted by molar-refractivity contribution is 7.13. The summed E-state index contributed by atoms with van der Waals surface area (Å²) in [4.78, 5) is 9.03. The van der Waals surface area contributed by atoms with E-state index in [9.17, 15) is 0 Å². The van der Waals surface area contributed by atoms with E-state index in [1.54, 1.807) is 17.5 Å². The molecule has 0 aliphatic carbocycles. The van der Waals surface area contributed by atoms with E-state index in [1.165, 1.54) is 0 Å². The lowest BCUT2D eigenvalue weighted by molar-refractivity contribution is 0.323. The lowest BCUT2D eigenvalue weighted by Crippen LogP contribution is -2.17. The molecule has 4 nitrogen and oxygen atoms in total. The Morgan fingerprint density at radius 3 is 3.05 bits per heavy atom. The van der Waals surface area contributed by atoms with E-state index in [0.29, 0.717) is 6.61 Å². The number of nitrogens with one attached hydrogen (secondary N) is 1. The molecule has 3 aromatic rings. The summed E-state index contributed by atoms with van der Waals surface area (Å²) in [5, 5.41) is 6.35. The van der Waals surface area contributed by atoms with Crippen LogP contribution >= 0.6 is 11.3 Å². The Kier molecular flexibility index (Phi) is 3.05. The summed E-state index contributed by atoms with van der Waals surface area (Å²) in [6.45, 7) is 1.56. The second kappa shape index (κ2) is 5.18. The van der Waals surface area contributed by atoms with Crippen molar-refractivity contribution in [1.82, 2.24) is 9.97 Å². The molecule has 0 saturated heterocycles. The monoisotopic (exact) mass is 295 g/mol. The summed E-state index contributed by atoms with van der Waals surface area (Å²) in [7, 11) is 0. The summed E-state index contributed by atoms with van der Waals surface area (Å²) in [6, 6.07) is 12.0. The molecule has 0 saturated carbocycles. The van der Waals surface area contributed by atoms with Crippen molar-refractivity contribution in [2.45, 2.75) is 0 Å². The number of hydrogen-bond donors (Lipinski definition) is 1. The Labute approximate surface area is 126 Å². The predicted octanol–water partition coefficient (Wildman–Crippen LogP) is 3.68. The first-order chi connectivity index (χ1) is 10.4. The van der Waals surface area contributed by atoms with Crippen LogP contribution in [0.5, 0.6) is 5.75 Å². The molecule has 1 aromatic carbocycles. The number of aromatic nitrogens is 2. The van der Waals surface area contributed by atoms with Crippen LogP contribution in [0.1, 0.15) is 0 Å². The summed E-state index contributed by atoms with van der Waals surface area (Å²) < 4.78 is 5.60. The third kappa shape index (κ3) is 2.36. The highest BCUT2D eigenvalue weighted by atomic mass is 32.1. The average Bonchev–Trinajstić information content (AvgIpc) is 3.05. The minimum Gasteiger partial charge on any atom is -0.490 e. The number of nitrogens with zero attached hydrogens (tertiary/aromatic N) is 2. The van der Waals surface area contributed by atoms with Gasteiger partial charge in [-0.15, -0.1) is 11.3 Å². The number of anilines is 1. The number of fused-ring (bicyclic) bond motifs is 1. The van der Waals surface area contributed by atoms with Gasteiger partial charge in [0.05, 0.1) is 17.1 Å². The van der Waals surface area contributed by atoms with Gasteiger partial charge in [-0.2, -0.15) is 0 Å². The minimum atomic E-state index is 0.715. The van der Waals surface area contributed by atoms with Crippen LogP contribution < -0.4 is 10.1 Å². The molecule has 0 atom stereocenters. The fourth-order valence-corrected chi connectivity index (χ4v) is 3.12. The van der Waals surface area contributed by atoms with Gasteiger partial charge in [0.15, 0.2) is 0 Å². The molecule has 4 rings (SSSR count). The normalized spacial score (nSPS) is 13.1. The molecular formula is C16H13N3OS. The number of pyridine rings is 1. The summed E-state index contributed by atoms with van der Waals surface area (Å²) in [5.74, 6) is 0.908. The molecule has 0 amide bonds. The topological polar surface area (TPSA) is 47.0 Å². The number of benzene rings is 1. The van der Waals surface area contributed by atoms with Crippen LogP contribution in [0.15, 0.2) is 48.0 Å². The lowest BCUT2D eigenvalue weighted by atomic mass is 10.1. The van der Waals surface area contributed by atoms with Crippen LogP contribution in [-0.4, -0.2) is 23.1 Å². The first-order valence-corrected chi connectivity index (χ1v) is 7.66. The molecule has 0 bridgehead atoms. The van der Waals surface area contributed by atoms with Crippen molar-refractivity contribution >= 4 is 17.0 Å². The van der Waals surface area contributed by atoms with Crippen LogP contribution in [-0.2, 0) is 0 Å². The van der Waals surface area contributed by atoms with Gasteiger partial charge < -0.3 is 10.1 Å². The second-order valence-corrected chi connectivity index (χ2v) is 5.60. The maximum atomic E-state index is 5.60. The van der Waals surface area contributed by atoms with Crippen molar-refractivity contribution in [3.05, 3.63) is 48.0 Å². The third-order valence-electron chi connectivity index (χ3n) is 3.34. The van der Waals surface area contributed by atoms with E-state index in [1.807, 2.05) is 30.3 Å². The standard InChI is InChI=1S/C16H13N3OS/c1-2-6-17-12(3-1)16-19-14(10-21-16)11-4-5-15-13(9-11)18-7-8-20-15/h1-6,9-10,18H,7-8H2. The highest BCUT2D eigenvalue weighted by Gasteiger charge is 2.12. The first-order valence-electron chi connectivity index (χ1n) is 6.78. The molecular weight excluding hydrogens is 282 g/mol. The van der Waals surface area contributed by atoms with Crippen molar-refractivity contribution in [3.63, 3.8) is 0 Å². The molecule has 1 N–H and O–H groups in total. The smallest absolute Gasteiger partial charge is 0.142 e. The van der Waals surface area contributed by atoms with Gasteiger partial charge in [0, 0.05) is 23.7 Å². The number of thiazole rings is 1. The van der Waals surface area contributed by atoms with Gasteiger partial charge in [0.1, 0.15) is 17.4 Å². The van der Waals surface area contributed by atoms with Gasteiger partial charge in [-0.25, -0.2) is 4.98 Å². The quantitative estimate of drug-likeness (QED) is 0.783. The zero-order chi connectivity index (χ0) is 14.1. The van der Waals surface area contributed by atoms with Crippen LogP contribution in [0.25, 0.3) is 22.0 Å². The molecule has 104 valence electrons. The Hall–Kier alpha value is -2.40. The number of hydrogen-bond acceptors (Lipinski definition) is 5. The van der Waals surface area contributed by atoms with Gasteiger partial charge in [-0.1, -0.05) is 6.07 Å². The molecule has 0 spiro atoms. The molecule has 5 heteroatoms. The largest absolute Gasteiger partial charge is 0.490 e. The molecule has 0 unspecified atom stereocenters. The van der Waals surface area contributed by atoms with Gasteiger partial charge in [0.2, 0.25) is 0 Å². The summed E-state index contributed by atoms with van der Waals surface area (Å²) in [6.07, 6.45) is 1.79. The lowest BCUT2D eigenvalue weighted by Gasteiger charge is -2.19. The fraction of sp³-hybridized carbons (Fsp3) is 0.125. The van der Waals surface area contributed by atoms with Crippen LogP contribution in [0.4, 0.5) is 5.69 Å². The van der Waals surface area contributed by atoms with E-state index < -0.39 is 0 Å². The maximum absolute atomic E-state index is 5.60. The molecule has 21 heavy (non-hydrogen) atoms. The minimum absolute atomic E-state index is 0.715. The fourth-order valence-electron chi connectivity index (χ4n) is 2.31. The summed E-state index contributed by atoms with van der Waals surface area (Å²) in [5.41, 5.74) is 4.00.